The Morgan fingerprint density at radius 1 is 1.42 bits per heavy atom. The number of benzene rings is 1. The van der Waals surface area contributed by atoms with Crippen molar-refractivity contribution in [3.8, 4) is 11.8 Å². The van der Waals surface area contributed by atoms with E-state index in [0.29, 0.717) is 6.54 Å². The van der Waals surface area contributed by atoms with Crippen LogP contribution >= 0.6 is 15.9 Å². The molecule has 96 valence electrons. The van der Waals surface area contributed by atoms with Gasteiger partial charge in [-0.1, -0.05) is 15.9 Å². The number of ether oxygens (including phenoxy) is 1. The standard InChI is InChI=1S/C14H11BrN2O2/c1-19-12-4-5-13(15)11(7-12)9-17-6-2-3-10(8-16)14(17)18/h2-7H,9H2,1H3. The van der Waals surface area contributed by atoms with Gasteiger partial charge in [0.1, 0.15) is 17.4 Å². The van der Waals surface area contributed by atoms with E-state index in [1.54, 1.807) is 19.4 Å². The van der Waals surface area contributed by atoms with Gasteiger partial charge in [0.05, 0.1) is 13.7 Å². The molecule has 19 heavy (non-hydrogen) atoms. The SMILES string of the molecule is COc1ccc(Br)c(Cn2cccc(C#N)c2=O)c1. The molecule has 0 aliphatic rings. The molecule has 0 spiro atoms. The lowest BCUT2D eigenvalue weighted by Crippen LogP contribution is -2.22. The molecule has 0 radical (unpaired) electrons. The quantitative estimate of drug-likeness (QED) is 0.873. The maximum absolute atomic E-state index is 12.0. The van der Waals surface area contributed by atoms with Gasteiger partial charge in [0.25, 0.3) is 5.56 Å². The largest absolute Gasteiger partial charge is 0.497 e. The molecule has 2 rings (SSSR count). The van der Waals surface area contributed by atoms with Crippen molar-refractivity contribution >= 4 is 15.9 Å². The third-order valence-corrected chi connectivity index (χ3v) is 3.51. The van der Waals surface area contributed by atoms with E-state index < -0.39 is 0 Å². The number of nitriles is 1. The number of hydrogen-bond donors (Lipinski definition) is 0. The Balaban J connectivity index is 2.42. The fourth-order valence-corrected chi connectivity index (χ4v) is 2.10. The van der Waals surface area contributed by atoms with Gasteiger partial charge in [0.15, 0.2) is 0 Å². The van der Waals surface area contributed by atoms with Gasteiger partial charge >= 0.3 is 0 Å². The number of aromatic nitrogens is 1. The molecular formula is C14H11BrN2O2. The zero-order valence-electron chi connectivity index (χ0n) is 10.3. The molecule has 5 heteroatoms. The monoisotopic (exact) mass is 318 g/mol. The molecule has 0 unspecified atom stereocenters. The number of rotatable bonds is 3. The molecular weight excluding hydrogens is 308 g/mol. The molecule has 4 nitrogen and oxygen atoms in total. The van der Waals surface area contributed by atoms with Crippen LogP contribution in [0.4, 0.5) is 0 Å². The molecule has 0 bridgehead atoms. The lowest BCUT2D eigenvalue weighted by atomic mass is 10.2. The number of halogens is 1. The van der Waals surface area contributed by atoms with E-state index in [1.165, 1.54) is 10.6 Å². The van der Waals surface area contributed by atoms with Crippen molar-refractivity contribution in [1.82, 2.24) is 4.57 Å². The summed E-state index contributed by atoms with van der Waals surface area (Å²) in [4.78, 5) is 12.0. The summed E-state index contributed by atoms with van der Waals surface area (Å²) in [5.41, 5.74) is 0.762. The minimum atomic E-state index is -0.292. The first-order valence-electron chi connectivity index (χ1n) is 5.57. The predicted octanol–water partition coefficient (Wildman–Crippen LogP) is 2.54. The van der Waals surface area contributed by atoms with Crippen LogP contribution in [0.1, 0.15) is 11.1 Å². The normalized spacial score (nSPS) is 9.95. The van der Waals surface area contributed by atoms with Crippen molar-refractivity contribution in [3.63, 3.8) is 0 Å². The first-order chi connectivity index (χ1) is 9.15. The minimum absolute atomic E-state index is 0.140. The smallest absolute Gasteiger partial charge is 0.268 e. The van der Waals surface area contributed by atoms with Crippen molar-refractivity contribution in [2.75, 3.05) is 7.11 Å². The fraction of sp³-hybridized carbons (Fsp3) is 0.143. The van der Waals surface area contributed by atoms with Crippen LogP contribution in [-0.4, -0.2) is 11.7 Å². The Kier molecular flexibility index (Phi) is 4.03. The Hall–Kier alpha value is -2.06. The highest BCUT2D eigenvalue weighted by atomic mass is 79.9. The van der Waals surface area contributed by atoms with Gasteiger partial charge in [-0.05, 0) is 35.9 Å². The summed E-state index contributed by atoms with van der Waals surface area (Å²) in [6, 6.07) is 10.7. The van der Waals surface area contributed by atoms with Crippen molar-refractivity contribution in [2.45, 2.75) is 6.54 Å². The first kappa shape index (κ1) is 13.4. The lowest BCUT2D eigenvalue weighted by Gasteiger charge is -2.09. The van der Waals surface area contributed by atoms with E-state index in [9.17, 15) is 4.79 Å². The summed E-state index contributed by atoms with van der Waals surface area (Å²) >= 11 is 3.44. The van der Waals surface area contributed by atoms with E-state index in [-0.39, 0.29) is 11.1 Å². The second-order valence-corrected chi connectivity index (χ2v) is 4.78. The minimum Gasteiger partial charge on any atom is -0.497 e. The molecule has 0 aliphatic heterocycles. The van der Waals surface area contributed by atoms with Crippen LogP contribution in [0.2, 0.25) is 0 Å². The zero-order valence-corrected chi connectivity index (χ0v) is 11.8. The van der Waals surface area contributed by atoms with E-state index in [4.69, 9.17) is 10.00 Å². The van der Waals surface area contributed by atoms with Gasteiger partial charge in [-0.15, -0.1) is 0 Å². The second kappa shape index (κ2) is 5.72. The number of nitrogens with zero attached hydrogens (tertiary/aromatic N) is 2. The third kappa shape index (κ3) is 2.85. The Labute approximate surface area is 119 Å². The van der Waals surface area contributed by atoms with Gasteiger partial charge in [0, 0.05) is 10.7 Å². The first-order valence-corrected chi connectivity index (χ1v) is 6.37. The second-order valence-electron chi connectivity index (χ2n) is 3.92. The molecule has 0 amide bonds. The zero-order chi connectivity index (χ0) is 13.8. The summed E-state index contributed by atoms with van der Waals surface area (Å²) in [7, 11) is 1.59. The highest BCUT2D eigenvalue weighted by Gasteiger charge is 2.06. The van der Waals surface area contributed by atoms with Crippen molar-refractivity contribution in [2.24, 2.45) is 0 Å². The van der Waals surface area contributed by atoms with E-state index >= 15 is 0 Å². The number of methoxy groups -OCH3 is 1. The third-order valence-electron chi connectivity index (χ3n) is 2.73. The predicted molar refractivity (Wildman–Crippen MR) is 75.2 cm³/mol. The van der Waals surface area contributed by atoms with Crippen LogP contribution in [0.15, 0.2) is 45.8 Å². The average Bonchev–Trinajstić information content (AvgIpc) is 2.43. The molecule has 0 saturated heterocycles. The van der Waals surface area contributed by atoms with Crippen LogP contribution in [0.3, 0.4) is 0 Å². The molecule has 0 atom stereocenters. The number of pyridine rings is 1. The van der Waals surface area contributed by atoms with Crippen molar-refractivity contribution in [1.29, 1.82) is 5.26 Å². The van der Waals surface area contributed by atoms with Gasteiger partial charge in [-0.25, -0.2) is 0 Å². The van der Waals surface area contributed by atoms with Crippen LogP contribution < -0.4 is 10.3 Å². The highest BCUT2D eigenvalue weighted by Crippen LogP contribution is 2.22. The van der Waals surface area contributed by atoms with Crippen LogP contribution in [-0.2, 0) is 6.54 Å². The van der Waals surface area contributed by atoms with E-state index in [1.807, 2.05) is 24.3 Å². The summed E-state index contributed by atoms with van der Waals surface area (Å²) in [5, 5.41) is 8.85. The van der Waals surface area contributed by atoms with Gasteiger partial charge in [-0.3, -0.25) is 4.79 Å². The summed E-state index contributed by atoms with van der Waals surface area (Å²) in [6.45, 7) is 0.381. The summed E-state index contributed by atoms with van der Waals surface area (Å²) in [6.07, 6.45) is 1.66. The maximum Gasteiger partial charge on any atom is 0.268 e. The molecule has 2 aromatic rings. The molecule has 1 aromatic heterocycles. The molecule has 0 aliphatic carbocycles. The highest BCUT2D eigenvalue weighted by molar-refractivity contribution is 9.10. The van der Waals surface area contributed by atoms with Crippen LogP contribution in [0.25, 0.3) is 0 Å². The van der Waals surface area contributed by atoms with E-state index in [0.717, 1.165) is 15.8 Å². The number of hydrogen-bond acceptors (Lipinski definition) is 3. The Bertz CT molecular complexity index is 701. The van der Waals surface area contributed by atoms with Crippen LogP contribution in [0, 0.1) is 11.3 Å². The molecule has 1 aromatic carbocycles. The molecule has 0 N–H and O–H groups in total. The molecule has 1 heterocycles. The fourth-order valence-electron chi connectivity index (χ4n) is 1.73. The maximum atomic E-state index is 12.0. The van der Waals surface area contributed by atoms with Gasteiger partial charge in [0.2, 0.25) is 0 Å². The van der Waals surface area contributed by atoms with Gasteiger partial charge in [-0.2, -0.15) is 5.26 Å². The average molecular weight is 319 g/mol. The Morgan fingerprint density at radius 3 is 2.89 bits per heavy atom. The molecule has 0 saturated carbocycles. The summed E-state index contributed by atoms with van der Waals surface area (Å²) < 4.78 is 7.55. The Morgan fingerprint density at radius 2 is 2.21 bits per heavy atom. The topological polar surface area (TPSA) is 55.0 Å². The van der Waals surface area contributed by atoms with Crippen molar-refractivity contribution in [3.05, 3.63) is 62.5 Å². The van der Waals surface area contributed by atoms with Crippen LogP contribution in [0.5, 0.6) is 5.75 Å². The lowest BCUT2D eigenvalue weighted by molar-refractivity contribution is 0.414. The summed E-state index contributed by atoms with van der Waals surface area (Å²) in [5.74, 6) is 0.725. The van der Waals surface area contributed by atoms with E-state index in [2.05, 4.69) is 15.9 Å². The van der Waals surface area contributed by atoms with Crippen molar-refractivity contribution < 1.29 is 4.74 Å². The molecule has 0 fully saturated rings. The van der Waals surface area contributed by atoms with Gasteiger partial charge < -0.3 is 9.30 Å².